The van der Waals surface area contributed by atoms with Gasteiger partial charge in [0.15, 0.2) is 5.60 Å². The lowest BCUT2D eigenvalue weighted by molar-refractivity contribution is -0.153. The first-order valence-electron chi connectivity index (χ1n) is 2.81. The third-order valence-electron chi connectivity index (χ3n) is 1.64. The Morgan fingerprint density at radius 3 is 2.20 bits per heavy atom. The van der Waals surface area contributed by atoms with E-state index in [1.807, 2.05) is 0 Å². The summed E-state index contributed by atoms with van der Waals surface area (Å²) < 4.78 is 4.23. The van der Waals surface area contributed by atoms with E-state index in [1.54, 1.807) is 0 Å². The van der Waals surface area contributed by atoms with Gasteiger partial charge >= 0.3 is 5.97 Å². The Morgan fingerprint density at radius 2 is 2.10 bits per heavy atom. The second-order valence-corrected chi connectivity index (χ2v) is 2.39. The second kappa shape index (κ2) is 1.73. The maximum atomic E-state index is 10.6. The average Bonchev–Trinajstić information content (AvgIpc) is 1.97. The summed E-state index contributed by atoms with van der Waals surface area (Å²) in [6.07, 6.45) is 0. The number of hydrogen-bond donors (Lipinski definition) is 2. The van der Waals surface area contributed by atoms with Gasteiger partial charge in [0.1, 0.15) is 0 Å². The summed E-state index contributed by atoms with van der Waals surface area (Å²) in [7, 11) is 0. The average molecular weight is 144 g/mol. The monoisotopic (exact) mass is 144 g/mol. The normalized spacial score (nSPS) is 32.9. The van der Waals surface area contributed by atoms with Gasteiger partial charge in [0, 0.05) is 5.57 Å². The molecule has 0 fully saturated rings. The predicted octanol–water partition coefficient (Wildman–Crippen LogP) is 0.0837. The summed E-state index contributed by atoms with van der Waals surface area (Å²) in [5.74, 6) is -1.32. The van der Waals surface area contributed by atoms with Crippen molar-refractivity contribution in [1.82, 2.24) is 0 Å². The molecule has 0 bridgehead atoms. The zero-order valence-corrected chi connectivity index (χ0v) is 5.71. The van der Waals surface area contributed by atoms with Crippen molar-refractivity contribution < 1.29 is 19.7 Å². The fourth-order valence-electron chi connectivity index (χ4n) is 0.625. The fourth-order valence-corrected chi connectivity index (χ4v) is 0.625. The number of esters is 1. The highest BCUT2D eigenvalue weighted by Gasteiger charge is 2.43. The first-order chi connectivity index (χ1) is 4.46. The number of cyclic esters (lactones) is 1. The third-order valence-corrected chi connectivity index (χ3v) is 1.64. The molecule has 4 nitrogen and oxygen atoms in total. The molecule has 4 heteroatoms. The van der Waals surface area contributed by atoms with Crippen LogP contribution in [0.25, 0.3) is 0 Å². The van der Waals surface area contributed by atoms with E-state index >= 15 is 0 Å². The van der Waals surface area contributed by atoms with E-state index in [4.69, 9.17) is 5.11 Å². The molecular weight excluding hydrogens is 136 g/mol. The van der Waals surface area contributed by atoms with Crippen LogP contribution in [0, 0.1) is 0 Å². The van der Waals surface area contributed by atoms with Gasteiger partial charge in [0.05, 0.1) is 0 Å². The minimum absolute atomic E-state index is 0.150. The van der Waals surface area contributed by atoms with Crippen LogP contribution in [0.2, 0.25) is 0 Å². The summed E-state index contributed by atoms with van der Waals surface area (Å²) >= 11 is 0. The zero-order valence-electron chi connectivity index (χ0n) is 5.71. The molecule has 56 valence electrons. The van der Waals surface area contributed by atoms with Gasteiger partial charge < -0.3 is 14.9 Å². The van der Waals surface area contributed by atoms with Crippen molar-refractivity contribution >= 4 is 5.97 Å². The van der Waals surface area contributed by atoms with Crippen LogP contribution in [0.15, 0.2) is 11.5 Å². The van der Waals surface area contributed by atoms with Crippen molar-refractivity contribution in [2.75, 3.05) is 0 Å². The van der Waals surface area contributed by atoms with E-state index in [9.17, 15) is 9.90 Å². The number of aliphatic hydroxyl groups excluding tert-OH is 1. The molecule has 2 N–H and O–H groups in total. The largest absolute Gasteiger partial charge is 0.481 e. The summed E-state index contributed by atoms with van der Waals surface area (Å²) in [5.41, 5.74) is -1.50. The van der Waals surface area contributed by atoms with Gasteiger partial charge in [-0.1, -0.05) is 0 Å². The molecule has 1 aliphatic rings. The van der Waals surface area contributed by atoms with Crippen molar-refractivity contribution in [3.63, 3.8) is 0 Å². The number of aliphatic hydroxyl groups is 2. The van der Waals surface area contributed by atoms with Crippen LogP contribution in [0.1, 0.15) is 13.8 Å². The van der Waals surface area contributed by atoms with Crippen molar-refractivity contribution in [3.05, 3.63) is 11.5 Å². The van der Waals surface area contributed by atoms with Gasteiger partial charge in [0.25, 0.3) is 5.95 Å². The Kier molecular flexibility index (Phi) is 1.22. The molecule has 1 heterocycles. The summed E-state index contributed by atoms with van der Waals surface area (Å²) in [4.78, 5) is 10.6. The predicted molar refractivity (Wildman–Crippen MR) is 32.0 cm³/mol. The molecule has 1 unspecified atom stereocenters. The van der Waals surface area contributed by atoms with E-state index in [1.165, 1.54) is 13.8 Å². The number of rotatable bonds is 0. The molecule has 0 amide bonds. The van der Waals surface area contributed by atoms with Crippen LogP contribution in [0.5, 0.6) is 0 Å². The molecular formula is C6H8O4. The zero-order chi connectivity index (χ0) is 7.94. The lowest BCUT2D eigenvalue weighted by atomic mass is 10.0. The van der Waals surface area contributed by atoms with Gasteiger partial charge in [-0.3, -0.25) is 0 Å². The molecule has 0 radical (unpaired) electrons. The molecule has 0 saturated heterocycles. The summed E-state index contributed by atoms with van der Waals surface area (Å²) in [6, 6.07) is 0. The van der Waals surface area contributed by atoms with Crippen LogP contribution in [0.4, 0.5) is 0 Å². The highest BCUT2D eigenvalue weighted by Crippen LogP contribution is 2.27. The van der Waals surface area contributed by atoms with E-state index < -0.39 is 17.5 Å². The van der Waals surface area contributed by atoms with Crippen molar-refractivity contribution in [2.45, 2.75) is 19.4 Å². The smallest absolute Gasteiger partial charge is 0.350 e. The molecule has 1 aliphatic heterocycles. The highest BCUT2D eigenvalue weighted by atomic mass is 16.6. The van der Waals surface area contributed by atoms with E-state index in [-0.39, 0.29) is 5.57 Å². The molecule has 0 aromatic rings. The number of carbonyl (C=O) groups is 1. The van der Waals surface area contributed by atoms with E-state index in [2.05, 4.69) is 4.74 Å². The first-order valence-corrected chi connectivity index (χ1v) is 2.81. The van der Waals surface area contributed by atoms with Crippen LogP contribution in [0.3, 0.4) is 0 Å². The quantitative estimate of drug-likeness (QED) is 0.472. The fraction of sp³-hybridized carbons (Fsp3) is 0.500. The molecule has 10 heavy (non-hydrogen) atoms. The lowest BCUT2D eigenvalue weighted by Crippen LogP contribution is -2.32. The van der Waals surface area contributed by atoms with Gasteiger partial charge in [-0.25, -0.2) is 4.79 Å². The van der Waals surface area contributed by atoms with Crippen LogP contribution in [-0.4, -0.2) is 21.8 Å². The van der Waals surface area contributed by atoms with Crippen molar-refractivity contribution in [2.24, 2.45) is 0 Å². The Balaban J connectivity index is 3.06. The van der Waals surface area contributed by atoms with E-state index in [0.717, 1.165) is 0 Å². The minimum Gasteiger partial charge on any atom is -0.481 e. The number of carbonyl (C=O) groups excluding carboxylic acids is 1. The highest BCUT2D eigenvalue weighted by molar-refractivity contribution is 5.86. The maximum Gasteiger partial charge on any atom is 0.350 e. The lowest BCUT2D eigenvalue weighted by Gasteiger charge is -2.10. The maximum absolute atomic E-state index is 10.6. The van der Waals surface area contributed by atoms with Crippen molar-refractivity contribution in [1.29, 1.82) is 0 Å². The van der Waals surface area contributed by atoms with Crippen molar-refractivity contribution in [3.8, 4) is 0 Å². The van der Waals surface area contributed by atoms with Gasteiger partial charge in [-0.05, 0) is 13.8 Å². The molecule has 0 saturated carbocycles. The second-order valence-electron chi connectivity index (χ2n) is 2.39. The number of ether oxygens (including phenoxy) is 1. The minimum atomic E-state index is -1.65. The molecule has 0 spiro atoms. The van der Waals surface area contributed by atoms with Gasteiger partial charge in [-0.2, -0.15) is 0 Å². The standard InChI is InChI=1S/C6H8O4/c1-3-4(7)10-5(8)6(3,2)9/h7,9H,1-2H3. The van der Waals surface area contributed by atoms with Gasteiger partial charge in [-0.15, -0.1) is 0 Å². The molecule has 1 atom stereocenters. The number of hydrogen-bond acceptors (Lipinski definition) is 4. The molecule has 0 aromatic heterocycles. The molecule has 0 aliphatic carbocycles. The Hall–Kier alpha value is -1.03. The summed E-state index contributed by atoms with van der Waals surface area (Å²) in [5, 5.41) is 18.0. The van der Waals surface area contributed by atoms with Gasteiger partial charge in [0.2, 0.25) is 0 Å². The van der Waals surface area contributed by atoms with E-state index in [0.29, 0.717) is 0 Å². The SMILES string of the molecule is CC1=C(O)OC(=O)C1(C)O. The topological polar surface area (TPSA) is 66.8 Å². The Morgan fingerprint density at radius 1 is 1.60 bits per heavy atom. The molecule has 0 aromatic carbocycles. The van der Waals surface area contributed by atoms with Crippen LogP contribution >= 0.6 is 0 Å². The Labute approximate surface area is 57.7 Å². The third kappa shape index (κ3) is 0.690. The molecule has 1 rings (SSSR count). The van der Waals surface area contributed by atoms with Crippen LogP contribution < -0.4 is 0 Å². The summed E-state index contributed by atoms with van der Waals surface area (Å²) in [6.45, 7) is 2.70. The Bertz CT molecular complexity index is 214. The van der Waals surface area contributed by atoms with Crippen LogP contribution in [-0.2, 0) is 9.53 Å². The first kappa shape index (κ1) is 7.08.